The number of carboxylic acid groups (broad SMARTS) is 1. The Morgan fingerprint density at radius 1 is 1.19 bits per heavy atom. The molecule has 0 radical (unpaired) electrons. The fraction of sp³-hybridized carbons (Fsp3) is 0.500. The second-order valence-corrected chi connectivity index (χ2v) is 5.72. The molecule has 2 rings (SSSR count). The van der Waals surface area contributed by atoms with E-state index in [9.17, 15) is 14.7 Å². The van der Waals surface area contributed by atoms with Gasteiger partial charge in [-0.15, -0.1) is 0 Å². The number of urea groups is 1. The summed E-state index contributed by atoms with van der Waals surface area (Å²) in [5.41, 5.74) is -0.0801. The number of rotatable bonds is 4. The first-order valence-electron chi connectivity index (χ1n) is 7.34. The summed E-state index contributed by atoms with van der Waals surface area (Å²) in [6.07, 6.45) is 3.73. The van der Waals surface area contributed by atoms with Gasteiger partial charge < -0.3 is 15.3 Å². The maximum Gasteiger partial charge on any atom is 0.329 e. The van der Waals surface area contributed by atoms with Gasteiger partial charge in [-0.3, -0.25) is 0 Å². The zero-order chi connectivity index (χ0) is 15.3. The Kier molecular flexibility index (Phi) is 4.83. The van der Waals surface area contributed by atoms with Crippen LogP contribution >= 0.6 is 0 Å². The molecule has 0 unspecified atom stereocenters. The summed E-state index contributed by atoms with van der Waals surface area (Å²) in [4.78, 5) is 25.4. The van der Waals surface area contributed by atoms with Crippen molar-refractivity contribution in [2.24, 2.45) is 0 Å². The van der Waals surface area contributed by atoms with Crippen LogP contribution in [0.25, 0.3) is 0 Å². The topological polar surface area (TPSA) is 69.6 Å². The van der Waals surface area contributed by atoms with Crippen LogP contribution in [0.5, 0.6) is 0 Å². The minimum Gasteiger partial charge on any atom is -0.480 e. The Bertz CT molecular complexity index is 496. The molecule has 0 spiro atoms. The molecule has 1 aliphatic carbocycles. The van der Waals surface area contributed by atoms with Crippen molar-refractivity contribution in [2.75, 3.05) is 7.05 Å². The van der Waals surface area contributed by atoms with E-state index in [1.807, 2.05) is 30.3 Å². The van der Waals surface area contributed by atoms with Crippen LogP contribution in [0.1, 0.15) is 37.7 Å². The number of carbonyl (C=O) groups is 2. The third kappa shape index (κ3) is 3.74. The van der Waals surface area contributed by atoms with E-state index in [1.54, 1.807) is 7.05 Å². The van der Waals surface area contributed by atoms with E-state index in [4.69, 9.17) is 0 Å². The fourth-order valence-electron chi connectivity index (χ4n) is 2.78. The lowest BCUT2D eigenvalue weighted by atomic mass is 9.82. The van der Waals surface area contributed by atoms with E-state index in [1.165, 1.54) is 4.90 Å². The minimum absolute atomic E-state index is 0.330. The quantitative estimate of drug-likeness (QED) is 0.895. The van der Waals surface area contributed by atoms with Crippen molar-refractivity contribution >= 4 is 12.0 Å². The third-order valence-corrected chi connectivity index (χ3v) is 4.07. The maximum absolute atomic E-state index is 12.3. The zero-order valence-corrected chi connectivity index (χ0v) is 12.3. The fourth-order valence-corrected chi connectivity index (χ4v) is 2.78. The van der Waals surface area contributed by atoms with Crippen LogP contribution < -0.4 is 5.32 Å². The number of carbonyl (C=O) groups excluding carboxylic acids is 1. The van der Waals surface area contributed by atoms with Crippen molar-refractivity contribution in [1.29, 1.82) is 0 Å². The van der Waals surface area contributed by atoms with Crippen molar-refractivity contribution < 1.29 is 14.7 Å². The molecule has 1 fully saturated rings. The van der Waals surface area contributed by atoms with Gasteiger partial charge in [0, 0.05) is 13.6 Å². The van der Waals surface area contributed by atoms with E-state index in [-0.39, 0.29) is 6.03 Å². The summed E-state index contributed by atoms with van der Waals surface area (Å²) in [6.45, 7) is 0.461. The van der Waals surface area contributed by atoms with Crippen molar-refractivity contribution in [2.45, 2.75) is 44.2 Å². The molecular formula is C16H22N2O3. The second kappa shape index (κ2) is 6.61. The monoisotopic (exact) mass is 290 g/mol. The molecule has 1 aromatic rings. The summed E-state index contributed by atoms with van der Waals surface area (Å²) in [5, 5.41) is 12.2. The molecule has 21 heavy (non-hydrogen) atoms. The average molecular weight is 290 g/mol. The number of carboxylic acids is 1. The highest BCUT2D eigenvalue weighted by Gasteiger charge is 2.41. The molecule has 114 valence electrons. The molecule has 2 amide bonds. The molecule has 0 bridgehead atoms. The Morgan fingerprint density at radius 3 is 2.38 bits per heavy atom. The standard InChI is InChI=1S/C16H22N2O3/c1-18(12-13-8-4-2-5-9-13)15(21)17-16(14(19)20)10-6-3-7-11-16/h2,4-5,8-9H,3,6-7,10-12H2,1H3,(H,17,21)(H,19,20). The molecule has 5 nitrogen and oxygen atoms in total. The van der Waals surface area contributed by atoms with Crippen LogP contribution in [0.2, 0.25) is 0 Å². The predicted octanol–water partition coefficient (Wildman–Crippen LogP) is 2.62. The molecule has 0 heterocycles. The van der Waals surface area contributed by atoms with Gasteiger partial charge in [0.15, 0.2) is 0 Å². The Labute approximate surface area is 125 Å². The molecule has 1 aliphatic rings. The van der Waals surface area contributed by atoms with E-state index in [0.29, 0.717) is 19.4 Å². The predicted molar refractivity (Wildman–Crippen MR) is 79.9 cm³/mol. The molecule has 1 aromatic carbocycles. The van der Waals surface area contributed by atoms with Gasteiger partial charge >= 0.3 is 12.0 Å². The van der Waals surface area contributed by atoms with E-state index in [2.05, 4.69) is 5.32 Å². The van der Waals surface area contributed by atoms with Gasteiger partial charge in [0.2, 0.25) is 0 Å². The van der Waals surface area contributed by atoms with Crippen LogP contribution in [0, 0.1) is 0 Å². The zero-order valence-electron chi connectivity index (χ0n) is 12.3. The molecular weight excluding hydrogens is 268 g/mol. The second-order valence-electron chi connectivity index (χ2n) is 5.72. The van der Waals surface area contributed by atoms with E-state index in [0.717, 1.165) is 24.8 Å². The van der Waals surface area contributed by atoms with Gasteiger partial charge in [-0.1, -0.05) is 49.6 Å². The van der Waals surface area contributed by atoms with Crippen LogP contribution in [0.15, 0.2) is 30.3 Å². The number of nitrogens with zero attached hydrogens (tertiary/aromatic N) is 1. The van der Waals surface area contributed by atoms with Crippen LogP contribution in [0.3, 0.4) is 0 Å². The Morgan fingerprint density at radius 2 is 1.81 bits per heavy atom. The van der Waals surface area contributed by atoms with Crippen LogP contribution in [0.4, 0.5) is 4.79 Å². The van der Waals surface area contributed by atoms with Crippen molar-refractivity contribution in [3.63, 3.8) is 0 Å². The molecule has 2 N–H and O–H groups in total. The molecule has 5 heteroatoms. The summed E-state index contributed by atoms with van der Waals surface area (Å²) in [6, 6.07) is 9.31. The SMILES string of the molecule is CN(Cc1ccccc1)C(=O)NC1(C(=O)O)CCCCC1. The number of aliphatic carboxylic acids is 1. The lowest BCUT2D eigenvalue weighted by molar-refractivity contribution is -0.145. The van der Waals surface area contributed by atoms with Crippen molar-refractivity contribution in [1.82, 2.24) is 10.2 Å². The first kappa shape index (κ1) is 15.4. The van der Waals surface area contributed by atoms with Gasteiger partial charge in [-0.25, -0.2) is 9.59 Å². The lowest BCUT2D eigenvalue weighted by Crippen LogP contribution is -2.58. The van der Waals surface area contributed by atoms with Gasteiger partial charge in [0.1, 0.15) is 5.54 Å². The first-order valence-corrected chi connectivity index (χ1v) is 7.34. The number of hydrogen-bond donors (Lipinski definition) is 2. The Balaban J connectivity index is 2.00. The van der Waals surface area contributed by atoms with Gasteiger partial charge in [0.25, 0.3) is 0 Å². The van der Waals surface area contributed by atoms with Gasteiger partial charge in [-0.2, -0.15) is 0 Å². The average Bonchev–Trinajstić information content (AvgIpc) is 2.49. The van der Waals surface area contributed by atoms with Gasteiger partial charge in [0.05, 0.1) is 0 Å². The van der Waals surface area contributed by atoms with E-state index < -0.39 is 11.5 Å². The highest BCUT2D eigenvalue weighted by Crippen LogP contribution is 2.28. The van der Waals surface area contributed by atoms with Crippen LogP contribution in [-0.4, -0.2) is 34.6 Å². The van der Waals surface area contributed by atoms with Crippen molar-refractivity contribution in [3.8, 4) is 0 Å². The molecule has 0 saturated heterocycles. The Hall–Kier alpha value is -2.04. The molecule has 1 saturated carbocycles. The van der Waals surface area contributed by atoms with Crippen LogP contribution in [-0.2, 0) is 11.3 Å². The molecule has 0 aromatic heterocycles. The molecule has 0 atom stereocenters. The van der Waals surface area contributed by atoms with Gasteiger partial charge in [-0.05, 0) is 18.4 Å². The summed E-state index contributed by atoms with van der Waals surface area (Å²) in [5.74, 6) is -0.927. The normalized spacial score (nSPS) is 17.0. The summed E-state index contributed by atoms with van der Waals surface area (Å²) in [7, 11) is 1.68. The number of nitrogens with one attached hydrogen (secondary N) is 1. The number of hydrogen-bond acceptors (Lipinski definition) is 2. The minimum atomic E-state index is -1.10. The number of amides is 2. The van der Waals surface area contributed by atoms with E-state index >= 15 is 0 Å². The molecule has 0 aliphatic heterocycles. The number of benzene rings is 1. The highest BCUT2D eigenvalue weighted by atomic mass is 16.4. The third-order valence-electron chi connectivity index (χ3n) is 4.07. The van der Waals surface area contributed by atoms with Crippen molar-refractivity contribution in [3.05, 3.63) is 35.9 Å². The summed E-state index contributed by atoms with van der Waals surface area (Å²) < 4.78 is 0. The smallest absolute Gasteiger partial charge is 0.329 e. The largest absolute Gasteiger partial charge is 0.480 e. The maximum atomic E-state index is 12.3. The first-order chi connectivity index (χ1) is 10.0. The highest BCUT2D eigenvalue weighted by molar-refractivity contribution is 5.86. The summed E-state index contributed by atoms with van der Waals surface area (Å²) >= 11 is 0. The lowest BCUT2D eigenvalue weighted by Gasteiger charge is -2.35.